The summed E-state index contributed by atoms with van der Waals surface area (Å²) in [6.07, 6.45) is 0.891. The smallest absolute Gasteiger partial charge is 0.318 e. The van der Waals surface area contributed by atoms with Crippen LogP contribution in [0.25, 0.3) is 0 Å². The van der Waals surface area contributed by atoms with E-state index in [1.165, 1.54) is 0 Å². The molecule has 0 saturated carbocycles. The minimum absolute atomic E-state index is 0.0399. The van der Waals surface area contributed by atoms with E-state index in [0.29, 0.717) is 18.7 Å². The van der Waals surface area contributed by atoms with E-state index in [1.807, 2.05) is 38.7 Å². The molecule has 2 N–H and O–H groups in total. The number of urea groups is 1. The van der Waals surface area contributed by atoms with Crippen LogP contribution in [0.15, 0.2) is 10.9 Å². The number of hydrogen-bond donors (Lipinski definition) is 2. The summed E-state index contributed by atoms with van der Waals surface area (Å²) >= 11 is 0. The van der Waals surface area contributed by atoms with Crippen LogP contribution < -0.4 is 10.9 Å². The molecule has 0 aliphatic carbocycles. The molecule has 1 aromatic heterocycles. The van der Waals surface area contributed by atoms with Crippen LogP contribution in [-0.2, 0) is 11.3 Å². The second-order valence-corrected chi connectivity index (χ2v) is 5.96. The molecule has 1 fully saturated rings. The fourth-order valence-electron chi connectivity index (χ4n) is 2.80. The number of aromatic amines is 1. The third-order valence-corrected chi connectivity index (χ3v) is 4.11. The zero-order chi connectivity index (χ0) is 16.3. The Morgan fingerprint density at radius 1 is 1.50 bits per heavy atom. The van der Waals surface area contributed by atoms with Gasteiger partial charge < -0.3 is 19.9 Å². The average Bonchev–Trinajstić information content (AvgIpc) is 2.45. The first kappa shape index (κ1) is 16.5. The van der Waals surface area contributed by atoms with Gasteiger partial charge in [-0.2, -0.15) is 0 Å². The number of morpholine rings is 1. The highest BCUT2D eigenvalue weighted by Gasteiger charge is 2.29. The molecule has 22 heavy (non-hydrogen) atoms. The van der Waals surface area contributed by atoms with Crippen LogP contribution in [0.4, 0.5) is 4.79 Å². The predicted octanol–water partition coefficient (Wildman–Crippen LogP) is 1.70. The standard InChI is InChI=1S/C16H25N3O3/c1-5-13-9-22-12(4)8-19(13)16(21)17-7-14-10(2)6-11(3)18-15(14)20/h6,12-13H,5,7-9H2,1-4H3,(H,17,21)(H,18,20)/t12-,13-/m0/s1. The van der Waals surface area contributed by atoms with Crippen LogP contribution in [0, 0.1) is 13.8 Å². The second kappa shape index (κ2) is 6.96. The van der Waals surface area contributed by atoms with Gasteiger partial charge in [0.05, 0.1) is 25.3 Å². The summed E-state index contributed by atoms with van der Waals surface area (Å²) in [6.45, 7) is 9.11. The van der Waals surface area contributed by atoms with Crippen LogP contribution in [0.3, 0.4) is 0 Å². The van der Waals surface area contributed by atoms with Gasteiger partial charge in [-0.05, 0) is 38.8 Å². The van der Waals surface area contributed by atoms with E-state index in [2.05, 4.69) is 10.3 Å². The molecule has 0 unspecified atom stereocenters. The van der Waals surface area contributed by atoms with E-state index >= 15 is 0 Å². The Hall–Kier alpha value is -1.82. The van der Waals surface area contributed by atoms with Crippen molar-refractivity contribution in [2.75, 3.05) is 13.2 Å². The predicted molar refractivity (Wildman–Crippen MR) is 85.0 cm³/mol. The topological polar surface area (TPSA) is 74.4 Å². The monoisotopic (exact) mass is 307 g/mol. The van der Waals surface area contributed by atoms with Crippen molar-refractivity contribution < 1.29 is 9.53 Å². The van der Waals surface area contributed by atoms with Crippen LogP contribution in [0.2, 0.25) is 0 Å². The van der Waals surface area contributed by atoms with Gasteiger partial charge in [0.1, 0.15) is 0 Å². The van der Waals surface area contributed by atoms with Crippen LogP contribution in [0.5, 0.6) is 0 Å². The Bertz CT molecular complexity index is 597. The van der Waals surface area contributed by atoms with Gasteiger partial charge >= 0.3 is 6.03 Å². The van der Waals surface area contributed by atoms with Crippen LogP contribution >= 0.6 is 0 Å². The molecule has 2 amide bonds. The average molecular weight is 307 g/mol. The molecule has 6 nitrogen and oxygen atoms in total. The molecule has 1 aliphatic heterocycles. The van der Waals surface area contributed by atoms with Gasteiger partial charge in [-0.1, -0.05) is 6.92 Å². The van der Waals surface area contributed by atoms with Gasteiger partial charge in [0, 0.05) is 17.8 Å². The number of amides is 2. The zero-order valence-electron chi connectivity index (χ0n) is 13.7. The number of carbonyl (C=O) groups is 1. The number of rotatable bonds is 3. The Labute approximate surface area is 130 Å². The van der Waals surface area contributed by atoms with Gasteiger partial charge in [0.25, 0.3) is 5.56 Å². The van der Waals surface area contributed by atoms with E-state index < -0.39 is 0 Å². The molecular weight excluding hydrogens is 282 g/mol. The van der Waals surface area contributed by atoms with Crippen molar-refractivity contribution >= 4 is 6.03 Å². The molecule has 0 spiro atoms. The third kappa shape index (κ3) is 3.68. The zero-order valence-corrected chi connectivity index (χ0v) is 13.7. The lowest BCUT2D eigenvalue weighted by Gasteiger charge is -2.38. The van der Waals surface area contributed by atoms with E-state index in [9.17, 15) is 9.59 Å². The summed E-state index contributed by atoms with van der Waals surface area (Å²) in [4.78, 5) is 29.0. The van der Waals surface area contributed by atoms with Gasteiger partial charge in [-0.25, -0.2) is 4.79 Å². The van der Waals surface area contributed by atoms with Crippen LogP contribution in [-0.4, -0.2) is 41.2 Å². The Morgan fingerprint density at radius 2 is 2.23 bits per heavy atom. The number of nitrogens with zero attached hydrogens (tertiary/aromatic N) is 1. The van der Waals surface area contributed by atoms with Crippen molar-refractivity contribution in [3.8, 4) is 0 Å². The Balaban J connectivity index is 2.04. The number of ether oxygens (including phenoxy) is 1. The van der Waals surface area contributed by atoms with E-state index in [0.717, 1.165) is 17.7 Å². The second-order valence-electron chi connectivity index (χ2n) is 5.96. The van der Waals surface area contributed by atoms with Crippen molar-refractivity contribution in [1.29, 1.82) is 0 Å². The number of carbonyl (C=O) groups excluding carboxylic acids is 1. The first-order chi connectivity index (χ1) is 10.4. The van der Waals surface area contributed by atoms with Crippen molar-refractivity contribution in [3.63, 3.8) is 0 Å². The maximum absolute atomic E-state index is 12.4. The highest BCUT2D eigenvalue weighted by molar-refractivity contribution is 5.74. The van der Waals surface area contributed by atoms with Crippen molar-refractivity contribution in [2.45, 2.75) is 52.8 Å². The van der Waals surface area contributed by atoms with E-state index in [4.69, 9.17) is 4.74 Å². The molecule has 1 aliphatic rings. The van der Waals surface area contributed by atoms with Crippen LogP contribution in [0.1, 0.15) is 37.1 Å². The minimum atomic E-state index is -0.139. The fourth-order valence-corrected chi connectivity index (χ4v) is 2.80. The summed E-state index contributed by atoms with van der Waals surface area (Å²) in [7, 11) is 0. The lowest BCUT2D eigenvalue weighted by atomic mass is 10.1. The molecule has 0 radical (unpaired) electrons. The first-order valence-electron chi connectivity index (χ1n) is 7.77. The molecule has 6 heteroatoms. The Kier molecular flexibility index (Phi) is 5.24. The van der Waals surface area contributed by atoms with Crippen molar-refractivity contribution in [3.05, 3.63) is 33.2 Å². The SMILES string of the molecule is CC[C@H]1CO[C@@H](C)CN1C(=O)NCc1c(C)cc(C)[nH]c1=O. The fraction of sp³-hybridized carbons (Fsp3) is 0.625. The molecule has 1 saturated heterocycles. The summed E-state index contributed by atoms with van der Waals surface area (Å²) in [5.74, 6) is 0. The number of aryl methyl sites for hydroxylation is 2. The normalized spacial score (nSPS) is 21.7. The number of nitrogens with one attached hydrogen (secondary N) is 2. The molecule has 0 aromatic carbocycles. The minimum Gasteiger partial charge on any atom is -0.375 e. The highest BCUT2D eigenvalue weighted by Crippen LogP contribution is 2.14. The van der Waals surface area contributed by atoms with Gasteiger partial charge in [0.15, 0.2) is 0 Å². The van der Waals surface area contributed by atoms with E-state index in [1.54, 1.807) is 0 Å². The maximum atomic E-state index is 12.4. The lowest BCUT2D eigenvalue weighted by molar-refractivity contribution is -0.0378. The number of pyridine rings is 1. The first-order valence-corrected chi connectivity index (χ1v) is 7.77. The quantitative estimate of drug-likeness (QED) is 0.892. The number of H-pyrrole nitrogens is 1. The molecule has 2 rings (SSSR count). The molecule has 2 heterocycles. The number of aromatic nitrogens is 1. The molecular formula is C16H25N3O3. The summed E-state index contributed by atoms with van der Waals surface area (Å²) in [6, 6.07) is 1.86. The van der Waals surface area contributed by atoms with E-state index in [-0.39, 0.29) is 30.3 Å². The molecule has 1 aromatic rings. The molecule has 122 valence electrons. The third-order valence-electron chi connectivity index (χ3n) is 4.11. The molecule has 0 bridgehead atoms. The largest absolute Gasteiger partial charge is 0.375 e. The highest BCUT2D eigenvalue weighted by atomic mass is 16.5. The Morgan fingerprint density at radius 3 is 2.86 bits per heavy atom. The summed E-state index contributed by atoms with van der Waals surface area (Å²) in [5, 5.41) is 2.87. The van der Waals surface area contributed by atoms with Crippen molar-refractivity contribution in [1.82, 2.24) is 15.2 Å². The molecule has 2 atom stereocenters. The van der Waals surface area contributed by atoms with Crippen molar-refractivity contribution in [2.24, 2.45) is 0 Å². The van der Waals surface area contributed by atoms with Gasteiger partial charge in [-0.15, -0.1) is 0 Å². The maximum Gasteiger partial charge on any atom is 0.318 e. The van der Waals surface area contributed by atoms with Gasteiger partial charge in [-0.3, -0.25) is 4.79 Å². The number of hydrogen-bond acceptors (Lipinski definition) is 3. The summed E-state index contributed by atoms with van der Waals surface area (Å²) < 4.78 is 5.60. The summed E-state index contributed by atoms with van der Waals surface area (Å²) in [5.41, 5.74) is 2.18. The lowest BCUT2D eigenvalue weighted by Crippen LogP contribution is -2.54. The van der Waals surface area contributed by atoms with Gasteiger partial charge in [0.2, 0.25) is 0 Å².